The van der Waals surface area contributed by atoms with Crippen molar-refractivity contribution in [3.63, 3.8) is 0 Å². The van der Waals surface area contributed by atoms with Crippen LogP contribution in [0.2, 0.25) is 0 Å². The summed E-state index contributed by atoms with van der Waals surface area (Å²) in [6.45, 7) is 2.15. The van der Waals surface area contributed by atoms with Gasteiger partial charge >= 0.3 is 0 Å². The molecule has 0 N–H and O–H groups in total. The zero-order valence-corrected chi connectivity index (χ0v) is 14.0. The first-order valence-electron chi connectivity index (χ1n) is 8.69. The summed E-state index contributed by atoms with van der Waals surface area (Å²) in [6.07, 6.45) is 3.59. The quantitative estimate of drug-likeness (QED) is 0.529. The average Bonchev–Trinajstić information content (AvgIpc) is 3.09. The molecule has 3 aromatic carbocycles. The lowest BCUT2D eigenvalue weighted by Gasteiger charge is -2.20. The number of hydrogen-bond donors (Lipinski definition) is 0. The highest BCUT2D eigenvalue weighted by molar-refractivity contribution is 5.71. The summed E-state index contributed by atoms with van der Waals surface area (Å²) in [7, 11) is 0. The van der Waals surface area contributed by atoms with Crippen LogP contribution in [0.1, 0.15) is 40.5 Å². The molecule has 118 valence electrons. The van der Waals surface area contributed by atoms with E-state index in [-0.39, 0.29) is 0 Å². The maximum Gasteiger partial charge on any atom is 0.00959 e. The normalized spacial score (nSPS) is 20.0. The van der Waals surface area contributed by atoms with Crippen LogP contribution in [0.25, 0.3) is 5.57 Å². The molecule has 2 atom stereocenters. The average molecular weight is 310 g/mol. The first-order valence-corrected chi connectivity index (χ1v) is 8.69. The summed E-state index contributed by atoms with van der Waals surface area (Å²) in [5, 5.41) is 0. The predicted molar refractivity (Wildman–Crippen MR) is 102 cm³/mol. The summed E-state index contributed by atoms with van der Waals surface area (Å²) in [4.78, 5) is 0. The van der Waals surface area contributed by atoms with Crippen molar-refractivity contribution in [2.45, 2.75) is 25.2 Å². The lowest BCUT2D eigenvalue weighted by atomic mass is 9.83. The van der Waals surface area contributed by atoms with Crippen LogP contribution in [0.3, 0.4) is 0 Å². The van der Waals surface area contributed by atoms with Crippen LogP contribution >= 0.6 is 0 Å². The molecule has 0 radical (unpaired) electrons. The van der Waals surface area contributed by atoms with E-state index in [1.165, 1.54) is 27.8 Å². The summed E-state index contributed by atoms with van der Waals surface area (Å²) < 4.78 is 0. The molecule has 0 saturated heterocycles. The van der Waals surface area contributed by atoms with Crippen LogP contribution in [-0.4, -0.2) is 0 Å². The number of rotatable bonds is 3. The van der Waals surface area contributed by atoms with Gasteiger partial charge < -0.3 is 0 Å². The third kappa shape index (κ3) is 2.92. The van der Waals surface area contributed by atoms with Crippen LogP contribution in [0.15, 0.2) is 91.0 Å². The predicted octanol–water partition coefficient (Wildman–Crippen LogP) is 6.35. The third-order valence-electron chi connectivity index (χ3n) is 5.09. The maximum absolute atomic E-state index is 2.48. The topological polar surface area (TPSA) is 0 Å². The first-order chi connectivity index (χ1) is 11.8. The molecule has 24 heavy (non-hydrogen) atoms. The zero-order valence-electron chi connectivity index (χ0n) is 14.0. The van der Waals surface area contributed by atoms with Gasteiger partial charge in [0.15, 0.2) is 0 Å². The smallest absolute Gasteiger partial charge is 0.00959 e. The highest BCUT2D eigenvalue weighted by atomic mass is 14.3. The van der Waals surface area contributed by atoms with Crippen molar-refractivity contribution < 1.29 is 0 Å². The summed E-state index contributed by atoms with van der Waals surface area (Å²) in [5.41, 5.74) is 6.99. The fourth-order valence-corrected chi connectivity index (χ4v) is 3.78. The third-order valence-corrected chi connectivity index (χ3v) is 5.09. The van der Waals surface area contributed by atoms with Gasteiger partial charge in [-0.05, 0) is 41.5 Å². The minimum absolute atomic E-state index is 0.449. The Morgan fingerprint density at radius 1 is 0.667 bits per heavy atom. The second-order valence-electron chi connectivity index (χ2n) is 6.72. The maximum atomic E-state index is 2.48. The van der Waals surface area contributed by atoms with Gasteiger partial charge in [0.05, 0.1) is 0 Å². The molecule has 0 fully saturated rings. The van der Waals surface area contributed by atoms with Gasteiger partial charge in [-0.1, -0.05) is 96.6 Å². The lowest BCUT2D eigenvalue weighted by Crippen LogP contribution is -2.04. The molecular weight excluding hydrogens is 288 g/mol. The molecule has 4 rings (SSSR count). The molecule has 3 aromatic rings. The van der Waals surface area contributed by atoms with Crippen molar-refractivity contribution >= 4 is 5.57 Å². The molecule has 0 saturated carbocycles. The highest BCUT2D eigenvalue weighted by Crippen LogP contribution is 2.47. The van der Waals surface area contributed by atoms with Crippen molar-refractivity contribution in [3.05, 3.63) is 113 Å². The molecule has 1 aliphatic rings. The Bertz CT molecular complexity index is 826. The molecule has 0 aromatic heterocycles. The molecular formula is C24H22. The zero-order chi connectivity index (χ0) is 16.4. The van der Waals surface area contributed by atoms with Crippen LogP contribution in [-0.2, 0) is 0 Å². The van der Waals surface area contributed by atoms with E-state index in [0.717, 1.165) is 6.42 Å². The Kier molecular flexibility index (Phi) is 4.04. The molecule has 0 spiro atoms. The highest BCUT2D eigenvalue weighted by Gasteiger charge is 2.30. The second kappa shape index (κ2) is 6.49. The molecule has 0 bridgehead atoms. The van der Waals surface area contributed by atoms with Crippen molar-refractivity contribution in [2.24, 2.45) is 0 Å². The fraction of sp³-hybridized carbons (Fsp3) is 0.167. The van der Waals surface area contributed by atoms with Crippen LogP contribution in [0.5, 0.6) is 0 Å². The monoisotopic (exact) mass is 310 g/mol. The Morgan fingerprint density at radius 3 is 1.88 bits per heavy atom. The van der Waals surface area contributed by atoms with Crippen molar-refractivity contribution in [3.8, 4) is 0 Å². The van der Waals surface area contributed by atoms with Gasteiger partial charge in [-0.15, -0.1) is 0 Å². The Labute approximate surface area is 144 Å². The van der Waals surface area contributed by atoms with Crippen molar-refractivity contribution in [1.82, 2.24) is 0 Å². The largest absolute Gasteiger partial charge is 0.0725 e. The summed E-state index contributed by atoms with van der Waals surface area (Å²) >= 11 is 0. The molecule has 1 aliphatic carbocycles. The number of aryl methyl sites for hydroxylation is 1. The first kappa shape index (κ1) is 15.0. The van der Waals surface area contributed by atoms with E-state index in [4.69, 9.17) is 0 Å². The second-order valence-corrected chi connectivity index (χ2v) is 6.72. The van der Waals surface area contributed by atoms with Gasteiger partial charge in [0.25, 0.3) is 0 Å². The van der Waals surface area contributed by atoms with E-state index >= 15 is 0 Å². The molecule has 0 heterocycles. The van der Waals surface area contributed by atoms with E-state index in [0.29, 0.717) is 11.8 Å². The minimum Gasteiger partial charge on any atom is -0.0725 e. The summed E-state index contributed by atoms with van der Waals surface area (Å²) in [5.74, 6) is 0.967. The van der Waals surface area contributed by atoms with Gasteiger partial charge in [0.2, 0.25) is 0 Å². The van der Waals surface area contributed by atoms with Gasteiger partial charge in [0, 0.05) is 5.92 Å². The Balaban J connectivity index is 1.74. The number of hydrogen-bond acceptors (Lipinski definition) is 0. The van der Waals surface area contributed by atoms with Crippen LogP contribution < -0.4 is 0 Å². The fourth-order valence-electron chi connectivity index (χ4n) is 3.78. The Morgan fingerprint density at radius 2 is 1.25 bits per heavy atom. The molecule has 0 aliphatic heterocycles. The van der Waals surface area contributed by atoms with Gasteiger partial charge in [-0.25, -0.2) is 0 Å². The van der Waals surface area contributed by atoms with Crippen LogP contribution in [0.4, 0.5) is 0 Å². The number of benzene rings is 3. The van der Waals surface area contributed by atoms with E-state index < -0.39 is 0 Å². The SMILES string of the molecule is Cc1ccc(C2=CC(c3ccccc3)C(c3ccccc3)C2)cc1. The van der Waals surface area contributed by atoms with Gasteiger partial charge in [-0.3, -0.25) is 0 Å². The van der Waals surface area contributed by atoms with E-state index in [9.17, 15) is 0 Å². The molecule has 0 amide bonds. The standard InChI is InChI=1S/C24H22/c1-18-12-14-19(15-13-18)22-16-23(20-8-4-2-5-9-20)24(17-22)21-10-6-3-7-11-21/h2-16,23-24H,17H2,1H3. The Hall–Kier alpha value is -2.60. The van der Waals surface area contributed by atoms with Crippen molar-refractivity contribution in [1.29, 1.82) is 0 Å². The molecule has 0 nitrogen and oxygen atoms in total. The minimum atomic E-state index is 0.449. The van der Waals surface area contributed by atoms with Crippen molar-refractivity contribution in [2.75, 3.05) is 0 Å². The van der Waals surface area contributed by atoms with E-state index in [1.54, 1.807) is 0 Å². The number of allylic oxidation sites excluding steroid dienone is 2. The van der Waals surface area contributed by atoms with Gasteiger partial charge in [0.1, 0.15) is 0 Å². The lowest BCUT2D eigenvalue weighted by molar-refractivity contribution is 0.668. The van der Waals surface area contributed by atoms with Gasteiger partial charge in [-0.2, -0.15) is 0 Å². The van der Waals surface area contributed by atoms with Crippen LogP contribution in [0, 0.1) is 6.92 Å². The van der Waals surface area contributed by atoms with E-state index in [2.05, 4.69) is 97.9 Å². The molecule has 0 heteroatoms. The van der Waals surface area contributed by atoms with E-state index in [1.807, 2.05) is 0 Å². The summed E-state index contributed by atoms with van der Waals surface area (Å²) in [6, 6.07) is 30.8. The molecule has 2 unspecified atom stereocenters.